The minimum Gasteiger partial charge on any atom is -0.481 e. The van der Waals surface area contributed by atoms with Crippen LogP contribution >= 0.6 is 0 Å². The predicted octanol–water partition coefficient (Wildman–Crippen LogP) is 4.32. The van der Waals surface area contributed by atoms with Gasteiger partial charge >= 0.3 is 5.97 Å². The fraction of sp³-hybridized carbons (Fsp3) is 0.407. The molecule has 2 heterocycles. The minimum absolute atomic E-state index is 0.00275. The second kappa shape index (κ2) is 9.90. The number of aromatic nitrogens is 2. The number of carboxylic acids is 1. The lowest BCUT2D eigenvalue weighted by Crippen LogP contribution is -2.44. The Morgan fingerprint density at radius 2 is 1.83 bits per heavy atom. The van der Waals surface area contributed by atoms with Crippen LogP contribution in [0.2, 0.25) is 0 Å². The Bertz CT molecular complexity index is 1260. The molecule has 184 valence electrons. The number of amides is 1. The molecule has 3 N–H and O–H groups in total. The molecule has 1 saturated heterocycles. The Labute approximate surface area is 205 Å². The number of hydrogen-bond acceptors (Lipinski definition) is 5. The van der Waals surface area contributed by atoms with Crippen LogP contribution in [0.5, 0.6) is 0 Å². The molecule has 0 aliphatic carbocycles. The summed E-state index contributed by atoms with van der Waals surface area (Å²) in [6.07, 6.45) is 2.15. The minimum atomic E-state index is -0.915. The molecule has 1 amide bonds. The predicted molar refractivity (Wildman–Crippen MR) is 137 cm³/mol. The topological polar surface area (TPSA) is 111 Å². The molecule has 0 bridgehead atoms. The van der Waals surface area contributed by atoms with Gasteiger partial charge in [-0.2, -0.15) is 0 Å². The van der Waals surface area contributed by atoms with Crippen LogP contribution in [0.15, 0.2) is 42.5 Å². The molecule has 3 aromatic rings. The fourth-order valence-electron chi connectivity index (χ4n) is 4.77. The lowest BCUT2D eigenvalue weighted by atomic mass is 9.77. The van der Waals surface area contributed by atoms with E-state index < -0.39 is 11.4 Å². The van der Waals surface area contributed by atoms with Gasteiger partial charge in [-0.1, -0.05) is 18.2 Å². The molecule has 1 aliphatic heterocycles. The van der Waals surface area contributed by atoms with E-state index in [1.165, 1.54) is 0 Å². The fourth-order valence-corrected chi connectivity index (χ4v) is 4.77. The number of aliphatic carboxylic acids is 1. The van der Waals surface area contributed by atoms with Crippen molar-refractivity contribution >= 4 is 34.3 Å². The van der Waals surface area contributed by atoms with Crippen molar-refractivity contribution < 1.29 is 14.7 Å². The first-order valence-corrected chi connectivity index (χ1v) is 12.1. The zero-order chi connectivity index (χ0) is 25.2. The lowest BCUT2D eigenvalue weighted by Gasteiger charge is -2.33. The normalized spacial score (nSPS) is 15.2. The smallest absolute Gasteiger partial charge is 0.303 e. The highest BCUT2D eigenvalue weighted by atomic mass is 16.4. The Morgan fingerprint density at radius 1 is 1.14 bits per heavy atom. The Kier molecular flexibility index (Phi) is 6.91. The first-order chi connectivity index (χ1) is 16.7. The van der Waals surface area contributed by atoms with Gasteiger partial charge in [0.15, 0.2) is 0 Å². The van der Waals surface area contributed by atoms with Crippen LogP contribution in [0.4, 0.5) is 5.69 Å². The summed E-state index contributed by atoms with van der Waals surface area (Å²) in [6, 6.07) is 13.6. The van der Waals surface area contributed by atoms with E-state index in [0.717, 1.165) is 59.6 Å². The van der Waals surface area contributed by atoms with Crippen LogP contribution in [0, 0.1) is 5.41 Å². The Balaban J connectivity index is 1.60. The highest BCUT2D eigenvalue weighted by Crippen LogP contribution is 2.34. The van der Waals surface area contributed by atoms with Crippen molar-refractivity contribution in [2.24, 2.45) is 7.05 Å². The molecule has 1 atom stereocenters. The summed E-state index contributed by atoms with van der Waals surface area (Å²) in [5.41, 5.74) is 3.99. The number of anilines is 1. The van der Waals surface area contributed by atoms with Crippen LogP contribution in [-0.2, 0) is 28.6 Å². The van der Waals surface area contributed by atoms with E-state index in [2.05, 4.69) is 5.32 Å². The van der Waals surface area contributed by atoms with Gasteiger partial charge in [-0.05, 0) is 68.5 Å². The summed E-state index contributed by atoms with van der Waals surface area (Å²) in [5, 5.41) is 20.4. The summed E-state index contributed by atoms with van der Waals surface area (Å²) in [4.78, 5) is 31.6. The van der Waals surface area contributed by atoms with Gasteiger partial charge < -0.3 is 25.3 Å². The molecular weight excluding hydrogens is 442 g/mol. The van der Waals surface area contributed by atoms with Gasteiger partial charge in [0.05, 0.1) is 23.0 Å². The second-order valence-electron chi connectivity index (χ2n) is 9.57. The van der Waals surface area contributed by atoms with Crippen molar-refractivity contribution in [2.45, 2.75) is 51.5 Å². The number of fused-ring (bicyclic) bond motifs is 1. The lowest BCUT2D eigenvalue weighted by molar-refractivity contribution is -0.139. The SMILES string of the molecule is CC(=N)c1ccc(NCc2nc3cc([C@@](C)(CCC(=O)O)C(=O)N4CCCC4)ccc3n2C)cc1. The third-order valence-electron chi connectivity index (χ3n) is 7.08. The molecule has 8 nitrogen and oxygen atoms in total. The Morgan fingerprint density at radius 3 is 2.46 bits per heavy atom. The van der Waals surface area contributed by atoms with E-state index in [1.807, 2.05) is 65.9 Å². The molecule has 0 radical (unpaired) electrons. The molecule has 1 aromatic heterocycles. The van der Waals surface area contributed by atoms with E-state index in [0.29, 0.717) is 12.3 Å². The average molecular weight is 476 g/mol. The van der Waals surface area contributed by atoms with Crippen LogP contribution in [-0.4, -0.2) is 50.2 Å². The number of benzene rings is 2. The number of carbonyl (C=O) groups is 2. The van der Waals surface area contributed by atoms with E-state index in [-0.39, 0.29) is 18.7 Å². The summed E-state index contributed by atoms with van der Waals surface area (Å²) >= 11 is 0. The summed E-state index contributed by atoms with van der Waals surface area (Å²) < 4.78 is 2.03. The molecule has 1 fully saturated rings. The van der Waals surface area contributed by atoms with Crippen LogP contribution in [0.3, 0.4) is 0 Å². The summed E-state index contributed by atoms with van der Waals surface area (Å²) in [6.45, 7) is 5.60. The molecule has 0 spiro atoms. The average Bonchev–Trinajstić information content (AvgIpc) is 3.49. The molecule has 1 aliphatic rings. The van der Waals surface area contributed by atoms with Gasteiger partial charge in [0.25, 0.3) is 0 Å². The van der Waals surface area contributed by atoms with Gasteiger partial charge in [-0.15, -0.1) is 0 Å². The van der Waals surface area contributed by atoms with Crippen molar-refractivity contribution in [3.8, 4) is 0 Å². The molecule has 8 heteroatoms. The van der Waals surface area contributed by atoms with Crippen molar-refractivity contribution in [3.05, 3.63) is 59.4 Å². The monoisotopic (exact) mass is 475 g/mol. The number of aryl methyl sites for hydroxylation is 1. The maximum atomic E-state index is 13.5. The maximum absolute atomic E-state index is 13.5. The van der Waals surface area contributed by atoms with Gasteiger partial charge in [0, 0.05) is 38.0 Å². The number of nitrogens with one attached hydrogen (secondary N) is 2. The third kappa shape index (κ3) is 5.06. The van der Waals surface area contributed by atoms with Gasteiger partial charge in [-0.25, -0.2) is 4.98 Å². The number of hydrogen-bond donors (Lipinski definition) is 3. The number of nitrogens with zero attached hydrogens (tertiary/aromatic N) is 3. The number of carboxylic acid groups (broad SMARTS) is 1. The quantitative estimate of drug-likeness (QED) is 0.399. The van der Waals surface area contributed by atoms with E-state index in [1.54, 1.807) is 6.92 Å². The number of carbonyl (C=O) groups excluding carboxylic acids is 1. The first-order valence-electron chi connectivity index (χ1n) is 12.1. The van der Waals surface area contributed by atoms with Crippen LogP contribution < -0.4 is 5.32 Å². The maximum Gasteiger partial charge on any atom is 0.303 e. The first kappa shape index (κ1) is 24.4. The van der Waals surface area contributed by atoms with E-state index in [4.69, 9.17) is 10.4 Å². The van der Waals surface area contributed by atoms with Crippen molar-refractivity contribution in [1.82, 2.24) is 14.5 Å². The highest BCUT2D eigenvalue weighted by molar-refractivity contribution is 5.96. The standard InChI is InChI=1S/C27H33N5O3/c1-18(28)19-6-9-21(10-7-19)29-17-24-30-22-16-20(8-11-23(22)31(24)3)27(2,13-12-25(33)34)26(35)32-14-4-5-15-32/h6-11,16,28-29H,4-5,12-15,17H2,1-3H3,(H,33,34)/t27-/m1/s1. The van der Waals surface area contributed by atoms with Crippen molar-refractivity contribution in [3.63, 3.8) is 0 Å². The van der Waals surface area contributed by atoms with Gasteiger partial charge in [0.1, 0.15) is 5.82 Å². The summed E-state index contributed by atoms with van der Waals surface area (Å²) in [5.74, 6) is -0.0545. The third-order valence-corrected chi connectivity index (χ3v) is 7.08. The van der Waals surface area contributed by atoms with Gasteiger partial charge in [0.2, 0.25) is 5.91 Å². The molecule has 4 rings (SSSR count). The van der Waals surface area contributed by atoms with Gasteiger partial charge in [-0.3, -0.25) is 9.59 Å². The van der Waals surface area contributed by atoms with Crippen LogP contribution in [0.1, 0.15) is 56.5 Å². The van der Waals surface area contributed by atoms with Crippen molar-refractivity contribution in [2.75, 3.05) is 18.4 Å². The zero-order valence-corrected chi connectivity index (χ0v) is 20.6. The van der Waals surface area contributed by atoms with Crippen molar-refractivity contribution in [1.29, 1.82) is 5.41 Å². The molecule has 35 heavy (non-hydrogen) atoms. The summed E-state index contributed by atoms with van der Waals surface area (Å²) in [7, 11) is 1.96. The molecular formula is C27H33N5O3. The molecule has 0 unspecified atom stereocenters. The number of rotatable bonds is 9. The highest BCUT2D eigenvalue weighted by Gasteiger charge is 2.39. The number of likely N-dealkylation sites (tertiary alicyclic amines) is 1. The van der Waals surface area contributed by atoms with E-state index >= 15 is 0 Å². The Hall–Kier alpha value is -3.68. The second-order valence-corrected chi connectivity index (χ2v) is 9.57. The molecule has 0 saturated carbocycles. The van der Waals surface area contributed by atoms with E-state index in [9.17, 15) is 14.7 Å². The largest absolute Gasteiger partial charge is 0.481 e. The molecule has 2 aromatic carbocycles. The number of imidazole rings is 1. The van der Waals surface area contributed by atoms with Crippen LogP contribution in [0.25, 0.3) is 11.0 Å². The zero-order valence-electron chi connectivity index (χ0n) is 20.6.